The average molecular weight is 481 g/mol. The summed E-state index contributed by atoms with van der Waals surface area (Å²) in [7, 11) is -3.76. The van der Waals surface area contributed by atoms with Gasteiger partial charge >= 0.3 is 0 Å². The number of nitrogens with one attached hydrogen (secondary N) is 1. The van der Waals surface area contributed by atoms with Crippen LogP contribution in [0.4, 0.5) is 5.69 Å². The zero-order valence-corrected chi connectivity index (χ0v) is 20.2. The van der Waals surface area contributed by atoms with Gasteiger partial charge in [0.2, 0.25) is 0 Å². The molecule has 0 spiro atoms. The normalized spacial score (nSPS) is 18.9. The first-order chi connectivity index (χ1) is 16.0. The summed E-state index contributed by atoms with van der Waals surface area (Å²) >= 11 is 6.02. The summed E-state index contributed by atoms with van der Waals surface area (Å²) in [4.78, 5) is 0.256. The van der Waals surface area contributed by atoms with Gasteiger partial charge in [-0.1, -0.05) is 66.9 Å². The van der Waals surface area contributed by atoms with Gasteiger partial charge in [-0.05, 0) is 72.7 Å². The summed E-state index contributed by atoms with van der Waals surface area (Å²) in [6, 6.07) is 23.1. The van der Waals surface area contributed by atoms with Crippen molar-refractivity contribution in [1.82, 2.24) is 5.32 Å². The van der Waals surface area contributed by atoms with E-state index in [1.54, 1.807) is 28.6 Å². The van der Waals surface area contributed by atoms with Crippen LogP contribution in [0, 0.1) is 0 Å². The van der Waals surface area contributed by atoms with Gasteiger partial charge in [-0.2, -0.15) is 0 Å². The van der Waals surface area contributed by atoms with Crippen LogP contribution < -0.4 is 9.62 Å². The molecule has 1 unspecified atom stereocenters. The third kappa shape index (κ3) is 4.68. The molecule has 1 saturated carbocycles. The predicted octanol–water partition coefficient (Wildman–Crippen LogP) is 6.26. The zero-order chi connectivity index (χ0) is 22.8. The van der Waals surface area contributed by atoms with Crippen LogP contribution in [-0.2, 0) is 23.0 Å². The van der Waals surface area contributed by atoms with Gasteiger partial charge in [0.15, 0.2) is 0 Å². The maximum Gasteiger partial charge on any atom is 0.264 e. The number of nitrogens with zero attached hydrogens (tertiary/aromatic N) is 1. The fraction of sp³-hybridized carbons (Fsp3) is 0.333. The van der Waals surface area contributed by atoms with Gasteiger partial charge in [0, 0.05) is 17.6 Å². The lowest BCUT2D eigenvalue weighted by Crippen LogP contribution is -2.38. The number of aryl methyl sites for hydroxylation is 1. The van der Waals surface area contributed by atoms with Gasteiger partial charge in [0.05, 0.1) is 16.6 Å². The smallest absolute Gasteiger partial charge is 0.264 e. The van der Waals surface area contributed by atoms with Crippen LogP contribution in [0.3, 0.4) is 0 Å². The number of halogens is 1. The fourth-order valence-electron chi connectivity index (χ4n) is 5.08. The minimum Gasteiger partial charge on any atom is -0.310 e. The Hall–Kier alpha value is -2.34. The van der Waals surface area contributed by atoms with Gasteiger partial charge in [0.1, 0.15) is 0 Å². The van der Waals surface area contributed by atoms with Crippen molar-refractivity contribution in [3.05, 3.63) is 94.5 Å². The highest BCUT2D eigenvalue weighted by Crippen LogP contribution is 2.42. The Morgan fingerprint density at radius 1 is 0.879 bits per heavy atom. The van der Waals surface area contributed by atoms with Crippen LogP contribution in [0.15, 0.2) is 77.7 Å². The quantitative estimate of drug-likeness (QED) is 0.453. The molecular weight excluding hydrogens is 452 g/mol. The molecule has 0 saturated heterocycles. The number of sulfonamides is 1. The van der Waals surface area contributed by atoms with Crippen LogP contribution >= 0.6 is 11.6 Å². The van der Waals surface area contributed by atoms with Crippen LogP contribution in [0.5, 0.6) is 0 Å². The fourth-order valence-corrected chi connectivity index (χ4v) is 6.92. The number of benzene rings is 3. The van der Waals surface area contributed by atoms with Gasteiger partial charge in [0.25, 0.3) is 10.0 Å². The topological polar surface area (TPSA) is 49.4 Å². The van der Waals surface area contributed by atoms with Crippen molar-refractivity contribution in [3.8, 4) is 0 Å². The van der Waals surface area contributed by atoms with Gasteiger partial charge in [-0.25, -0.2) is 8.42 Å². The summed E-state index contributed by atoms with van der Waals surface area (Å²) in [6.45, 7) is 0.852. The van der Waals surface area contributed by atoms with E-state index in [0.717, 1.165) is 36.2 Å². The lowest BCUT2D eigenvalue weighted by molar-refractivity contribution is 0.524. The molecule has 4 nitrogen and oxygen atoms in total. The van der Waals surface area contributed by atoms with E-state index in [0.29, 0.717) is 11.1 Å². The Morgan fingerprint density at radius 3 is 2.30 bits per heavy atom. The molecule has 0 aromatic heterocycles. The second kappa shape index (κ2) is 9.49. The lowest BCUT2D eigenvalue weighted by atomic mass is 9.93. The maximum atomic E-state index is 13.8. The standard InChI is InChI=1S/C27H29ClN2O2S/c28-23-14-16-25(17-15-23)33(31,32)30-26-8-4-1-5-21(26)13-18-27(30)22-11-9-20(10-12-22)19-29-24-6-2-3-7-24/h1,4-5,8-12,14-17,24,27,29H,2-3,6-7,13,18-19H2. The molecule has 6 heteroatoms. The number of hydrogen-bond acceptors (Lipinski definition) is 3. The number of hydrogen-bond donors (Lipinski definition) is 1. The Labute approximate surface area is 201 Å². The minimum atomic E-state index is -3.76. The molecule has 1 fully saturated rings. The molecule has 1 atom stereocenters. The van der Waals surface area contributed by atoms with Gasteiger partial charge in [-0.15, -0.1) is 0 Å². The zero-order valence-electron chi connectivity index (χ0n) is 18.6. The molecule has 1 aliphatic carbocycles. The highest BCUT2D eigenvalue weighted by molar-refractivity contribution is 7.92. The Kier molecular flexibility index (Phi) is 6.46. The number of para-hydroxylation sites is 1. The molecule has 1 heterocycles. The summed E-state index contributed by atoms with van der Waals surface area (Å²) in [5.41, 5.74) is 4.07. The van der Waals surface area contributed by atoms with Crippen molar-refractivity contribution >= 4 is 27.3 Å². The van der Waals surface area contributed by atoms with E-state index in [9.17, 15) is 8.42 Å². The van der Waals surface area contributed by atoms with Gasteiger partial charge < -0.3 is 5.32 Å². The third-order valence-electron chi connectivity index (χ3n) is 6.88. The van der Waals surface area contributed by atoms with E-state index in [2.05, 4.69) is 29.6 Å². The van der Waals surface area contributed by atoms with Crippen LogP contribution in [0.2, 0.25) is 5.02 Å². The molecule has 1 aliphatic heterocycles. The van der Waals surface area contributed by atoms with Crippen molar-refractivity contribution in [3.63, 3.8) is 0 Å². The molecule has 1 N–H and O–H groups in total. The highest BCUT2D eigenvalue weighted by atomic mass is 35.5. The molecule has 0 bridgehead atoms. The van der Waals surface area contributed by atoms with E-state index in [1.165, 1.54) is 31.2 Å². The molecule has 0 radical (unpaired) electrons. The third-order valence-corrected chi connectivity index (χ3v) is 8.97. The van der Waals surface area contributed by atoms with Crippen LogP contribution in [0.25, 0.3) is 0 Å². The summed E-state index contributed by atoms with van der Waals surface area (Å²) in [5.74, 6) is 0. The highest BCUT2D eigenvalue weighted by Gasteiger charge is 2.36. The van der Waals surface area contributed by atoms with E-state index in [4.69, 9.17) is 11.6 Å². The summed E-state index contributed by atoms with van der Waals surface area (Å²) < 4.78 is 29.3. The molecule has 0 amide bonds. The molecule has 3 aromatic carbocycles. The first-order valence-corrected chi connectivity index (χ1v) is 13.5. The summed E-state index contributed by atoms with van der Waals surface area (Å²) in [6.07, 6.45) is 6.74. The second-order valence-corrected chi connectivity index (χ2v) is 11.3. The Bertz CT molecular complexity index is 1200. The van der Waals surface area contributed by atoms with E-state index >= 15 is 0 Å². The minimum absolute atomic E-state index is 0.252. The lowest BCUT2D eigenvalue weighted by Gasteiger charge is -2.38. The molecule has 5 rings (SSSR count). The number of anilines is 1. The van der Waals surface area contributed by atoms with Crippen LogP contribution in [-0.4, -0.2) is 14.5 Å². The van der Waals surface area contributed by atoms with Crippen molar-refractivity contribution in [2.24, 2.45) is 0 Å². The van der Waals surface area contributed by atoms with Crippen LogP contribution in [0.1, 0.15) is 54.8 Å². The van der Waals surface area contributed by atoms with Crippen molar-refractivity contribution in [1.29, 1.82) is 0 Å². The molecular formula is C27H29ClN2O2S. The van der Waals surface area contributed by atoms with Gasteiger partial charge in [-0.3, -0.25) is 4.31 Å². The predicted molar refractivity (Wildman–Crippen MR) is 134 cm³/mol. The Balaban J connectivity index is 1.46. The molecule has 3 aromatic rings. The molecule has 33 heavy (non-hydrogen) atoms. The van der Waals surface area contributed by atoms with Crippen molar-refractivity contribution < 1.29 is 8.42 Å². The van der Waals surface area contributed by atoms with E-state index in [1.807, 2.05) is 24.3 Å². The SMILES string of the molecule is O=S(=O)(c1ccc(Cl)cc1)N1c2ccccc2CCC1c1ccc(CNC2CCCC2)cc1. The summed E-state index contributed by atoms with van der Waals surface area (Å²) in [5, 5.41) is 4.17. The molecule has 172 valence electrons. The number of fused-ring (bicyclic) bond motifs is 1. The monoisotopic (exact) mass is 480 g/mol. The van der Waals surface area contributed by atoms with Crippen molar-refractivity contribution in [2.75, 3.05) is 4.31 Å². The second-order valence-electron chi connectivity index (χ2n) is 9.04. The maximum absolute atomic E-state index is 13.8. The first kappa shape index (κ1) is 22.5. The first-order valence-electron chi connectivity index (χ1n) is 11.7. The van der Waals surface area contributed by atoms with E-state index < -0.39 is 10.0 Å². The Morgan fingerprint density at radius 2 is 1.58 bits per heavy atom. The van der Waals surface area contributed by atoms with E-state index in [-0.39, 0.29) is 10.9 Å². The number of rotatable bonds is 6. The largest absolute Gasteiger partial charge is 0.310 e. The molecule has 2 aliphatic rings. The average Bonchev–Trinajstić information content (AvgIpc) is 3.36. The van der Waals surface area contributed by atoms with Crippen molar-refractivity contribution in [2.45, 2.75) is 62.0 Å².